The van der Waals surface area contributed by atoms with Gasteiger partial charge in [0, 0.05) is 29.5 Å². The van der Waals surface area contributed by atoms with Crippen LogP contribution < -0.4 is 11.1 Å². The molecule has 0 spiro atoms. The summed E-state index contributed by atoms with van der Waals surface area (Å²) in [5.74, 6) is -1.71. The standard InChI is InChI=1S/C19H24N6O5S2/c1-25(5-3-4-6-25)7-10-8-31-17-13(16(27)24(17)14(10)18(28)29)22-15(26)12(23-30-2)11-9-32-19(20)21-11/h9,13,17H,3-8H2,1-2H3,(H3-,20,21,22,26,28,29)/p+1/b23-12+/t13-,17+/m1/s1. The molecule has 172 valence electrons. The average Bonchev–Trinajstić information content (AvgIpc) is 3.37. The molecule has 4 heterocycles. The summed E-state index contributed by atoms with van der Waals surface area (Å²) in [6.07, 6.45) is 2.24. The highest BCUT2D eigenvalue weighted by Gasteiger charge is 2.55. The summed E-state index contributed by atoms with van der Waals surface area (Å²) in [7, 11) is 3.42. The van der Waals surface area contributed by atoms with Gasteiger partial charge in [0.1, 0.15) is 36.5 Å². The highest BCUT2D eigenvalue weighted by atomic mass is 32.2. The Morgan fingerprint density at radius 3 is 2.75 bits per heavy atom. The molecule has 32 heavy (non-hydrogen) atoms. The molecule has 2 saturated heterocycles. The number of anilines is 1. The van der Waals surface area contributed by atoms with E-state index in [1.165, 1.54) is 23.8 Å². The number of likely N-dealkylation sites (tertiary alicyclic amines) is 1. The SMILES string of the molecule is CO/N=C(/C(=O)N[C@@H]1C(=O)N2C(C(=O)O)=C(C[N+]3(C)CCCC3)CS[C@@H]12)c1csc(N)n1. The topological polar surface area (TPSA) is 147 Å². The number of thioether (sulfide) groups is 1. The number of fused-ring (bicyclic) bond motifs is 1. The summed E-state index contributed by atoms with van der Waals surface area (Å²) >= 11 is 2.61. The molecule has 0 aromatic carbocycles. The minimum Gasteiger partial charge on any atom is -0.477 e. The number of likely N-dealkylation sites (N-methyl/N-ethyl adjacent to an activating group) is 1. The first kappa shape index (κ1) is 22.6. The first-order valence-corrected chi connectivity index (χ1v) is 12.0. The number of aromatic nitrogens is 1. The predicted octanol–water partition coefficient (Wildman–Crippen LogP) is 0.0548. The van der Waals surface area contributed by atoms with Crippen molar-refractivity contribution in [3.63, 3.8) is 0 Å². The third-order valence-corrected chi connectivity index (χ3v) is 7.93. The predicted molar refractivity (Wildman–Crippen MR) is 120 cm³/mol. The van der Waals surface area contributed by atoms with Gasteiger partial charge >= 0.3 is 5.97 Å². The van der Waals surface area contributed by atoms with Crippen LogP contribution in [0.5, 0.6) is 0 Å². The molecule has 1 aromatic rings. The van der Waals surface area contributed by atoms with E-state index >= 15 is 0 Å². The van der Waals surface area contributed by atoms with Gasteiger partial charge in [-0.1, -0.05) is 5.16 Å². The minimum absolute atomic E-state index is 0.0496. The van der Waals surface area contributed by atoms with Gasteiger partial charge in [-0.25, -0.2) is 9.78 Å². The van der Waals surface area contributed by atoms with E-state index < -0.39 is 29.2 Å². The second-order valence-electron chi connectivity index (χ2n) is 8.24. The van der Waals surface area contributed by atoms with Crippen LogP contribution >= 0.6 is 23.1 Å². The van der Waals surface area contributed by atoms with Crippen LogP contribution in [0.25, 0.3) is 0 Å². The van der Waals surface area contributed by atoms with Gasteiger partial charge in [0.25, 0.3) is 11.8 Å². The van der Waals surface area contributed by atoms with Gasteiger partial charge in [-0.3, -0.25) is 14.5 Å². The molecular formula is C19H25N6O5S2+. The molecule has 0 saturated carbocycles. The van der Waals surface area contributed by atoms with Gasteiger partial charge < -0.3 is 25.5 Å². The molecule has 3 aliphatic heterocycles. The lowest BCUT2D eigenvalue weighted by molar-refractivity contribution is -0.893. The normalized spacial score (nSPS) is 24.8. The average molecular weight is 482 g/mol. The number of quaternary nitrogens is 1. The van der Waals surface area contributed by atoms with Crippen LogP contribution in [0.2, 0.25) is 0 Å². The van der Waals surface area contributed by atoms with Crippen molar-refractivity contribution in [1.82, 2.24) is 15.2 Å². The Hall–Kier alpha value is -2.64. The third kappa shape index (κ3) is 4.07. The Kier molecular flexibility index (Phi) is 6.14. The highest BCUT2D eigenvalue weighted by Crippen LogP contribution is 2.41. The summed E-state index contributed by atoms with van der Waals surface area (Å²) in [5.41, 5.74) is 6.59. The van der Waals surface area contributed by atoms with Crippen molar-refractivity contribution in [2.24, 2.45) is 5.16 Å². The maximum absolute atomic E-state index is 12.9. The second kappa shape index (κ2) is 8.71. The molecule has 11 nitrogen and oxygen atoms in total. The zero-order valence-electron chi connectivity index (χ0n) is 17.7. The monoisotopic (exact) mass is 481 g/mol. The van der Waals surface area contributed by atoms with E-state index in [4.69, 9.17) is 10.6 Å². The molecule has 13 heteroatoms. The Balaban J connectivity index is 1.52. The number of carbonyl (C=O) groups excluding carboxylic acids is 2. The Labute approximate surface area is 192 Å². The fourth-order valence-corrected chi connectivity index (χ4v) is 6.31. The van der Waals surface area contributed by atoms with Crippen LogP contribution in [0.3, 0.4) is 0 Å². The lowest BCUT2D eigenvalue weighted by atomic mass is 10.0. The summed E-state index contributed by atoms with van der Waals surface area (Å²) < 4.78 is 0.785. The largest absolute Gasteiger partial charge is 0.477 e. The first-order chi connectivity index (χ1) is 15.2. The van der Waals surface area contributed by atoms with Crippen molar-refractivity contribution in [2.45, 2.75) is 24.3 Å². The smallest absolute Gasteiger partial charge is 0.352 e. The van der Waals surface area contributed by atoms with Crippen molar-refractivity contribution >= 4 is 51.7 Å². The number of β-lactam (4-membered cyclic amide) rings is 1. The number of aliphatic carboxylic acids is 1. The van der Waals surface area contributed by atoms with Gasteiger partial charge in [0.15, 0.2) is 10.8 Å². The number of carbonyl (C=O) groups is 3. The van der Waals surface area contributed by atoms with Crippen molar-refractivity contribution < 1.29 is 28.8 Å². The zero-order chi connectivity index (χ0) is 23.0. The molecule has 3 aliphatic rings. The van der Waals surface area contributed by atoms with Gasteiger partial charge in [-0.15, -0.1) is 23.1 Å². The van der Waals surface area contributed by atoms with E-state index in [1.807, 2.05) is 0 Å². The van der Waals surface area contributed by atoms with E-state index in [0.29, 0.717) is 12.3 Å². The van der Waals surface area contributed by atoms with E-state index in [-0.39, 0.29) is 22.2 Å². The number of rotatable bonds is 7. The minimum atomic E-state index is -1.12. The number of nitrogen functional groups attached to an aromatic ring is 1. The van der Waals surface area contributed by atoms with E-state index in [2.05, 4.69) is 22.5 Å². The van der Waals surface area contributed by atoms with Crippen molar-refractivity contribution in [3.05, 3.63) is 22.3 Å². The third-order valence-electron chi connectivity index (χ3n) is 5.92. The number of hydrogen-bond donors (Lipinski definition) is 3. The number of nitrogens with two attached hydrogens (primary N) is 1. The molecule has 1 aromatic heterocycles. The lowest BCUT2D eigenvalue weighted by Crippen LogP contribution is -2.71. The Bertz CT molecular complexity index is 1020. The highest BCUT2D eigenvalue weighted by molar-refractivity contribution is 8.00. The molecule has 2 atom stereocenters. The number of amides is 2. The first-order valence-electron chi connectivity index (χ1n) is 10.1. The summed E-state index contributed by atoms with van der Waals surface area (Å²) in [6.45, 7) is 2.61. The number of nitrogens with zero attached hydrogens (tertiary/aromatic N) is 4. The van der Waals surface area contributed by atoms with Crippen molar-refractivity contribution in [3.8, 4) is 0 Å². The van der Waals surface area contributed by atoms with Crippen LogP contribution in [0, 0.1) is 0 Å². The Morgan fingerprint density at radius 1 is 1.44 bits per heavy atom. The summed E-state index contributed by atoms with van der Waals surface area (Å²) in [4.78, 5) is 47.9. The van der Waals surface area contributed by atoms with Gasteiger partial charge in [-0.2, -0.15) is 0 Å². The summed E-state index contributed by atoms with van der Waals surface area (Å²) in [5, 5.41) is 17.6. The lowest BCUT2D eigenvalue weighted by Gasteiger charge is -2.49. The molecule has 0 bridgehead atoms. The number of oxime groups is 1. The molecule has 2 fully saturated rings. The van der Waals surface area contributed by atoms with Gasteiger partial charge in [0.05, 0.1) is 20.1 Å². The van der Waals surface area contributed by atoms with Gasteiger partial charge in [-0.05, 0) is 0 Å². The van der Waals surface area contributed by atoms with Crippen LogP contribution in [0.1, 0.15) is 18.5 Å². The quantitative estimate of drug-likeness (QED) is 0.214. The second-order valence-corrected chi connectivity index (χ2v) is 10.2. The fraction of sp³-hybridized carbons (Fsp3) is 0.526. The van der Waals surface area contributed by atoms with E-state index in [1.54, 1.807) is 5.38 Å². The Morgan fingerprint density at radius 2 is 2.16 bits per heavy atom. The zero-order valence-corrected chi connectivity index (χ0v) is 19.4. The van der Waals surface area contributed by atoms with Crippen molar-refractivity contribution in [1.29, 1.82) is 0 Å². The molecule has 2 amide bonds. The number of carboxylic acids is 1. The maximum Gasteiger partial charge on any atom is 0.352 e. The number of hydrogen-bond acceptors (Lipinski definition) is 9. The molecule has 4 rings (SSSR count). The number of carboxylic acid groups (broad SMARTS) is 1. The molecule has 0 unspecified atom stereocenters. The van der Waals surface area contributed by atoms with Crippen LogP contribution in [0.4, 0.5) is 5.13 Å². The van der Waals surface area contributed by atoms with Crippen LogP contribution in [0.15, 0.2) is 21.8 Å². The summed E-state index contributed by atoms with van der Waals surface area (Å²) in [6, 6.07) is -0.863. The number of nitrogens with one attached hydrogen (secondary N) is 1. The van der Waals surface area contributed by atoms with E-state index in [0.717, 1.165) is 47.3 Å². The molecule has 4 N–H and O–H groups in total. The van der Waals surface area contributed by atoms with Crippen LogP contribution in [-0.4, -0.2) is 93.9 Å². The molecular weight excluding hydrogens is 456 g/mol. The fourth-order valence-electron chi connectivity index (χ4n) is 4.42. The maximum atomic E-state index is 12.9. The van der Waals surface area contributed by atoms with Crippen molar-refractivity contribution in [2.75, 3.05) is 45.3 Å². The van der Waals surface area contributed by atoms with Crippen LogP contribution in [-0.2, 0) is 19.2 Å². The molecule has 0 radical (unpaired) electrons. The van der Waals surface area contributed by atoms with Gasteiger partial charge in [0.2, 0.25) is 0 Å². The number of thiazole rings is 1. The molecule has 0 aliphatic carbocycles. The van der Waals surface area contributed by atoms with E-state index in [9.17, 15) is 19.5 Å².